The van der Waals surface area contributed by atoms with Crippen molar-refractivity contribution in [2.45, 2.75) is 19.9 Å². The molecule has 0 saturated heterocycles. The molecule has 0 aliphatic carbocycles. The zero-order valence-electron chi connectivity index (χ0n) is 17.4. The second kappa shape index (κ2) is 8.29. The number of aryl methyl sites for hydroxylation is 2. The van der Waals surface area contributed by atoms with Crippen LogP contribution in [-0.4, -0.2) is 34.0 Å². The number of aromatic hydroxyl groups is 1. The van der Waals surface area contributed by atoms with Crippen LogP contribution >= 0.6 is 22.9 Å². The van der Waals surface area contributed by atoms with Gasteiger partial charge in [0.1, 0.15) is 0 Å². The van der Waals surface area contributed by atoms with Crippen LogP contribution in [0.15, 0.2) is 53.8 Å². The Hall–Kier alpha value is -3.36. The van der Waals surface area contributed by atoms with Gasteiger partial charge in [-0.15, -0.1) is 11.3 Å². The predicted octanol–water partition coefficient (Wildman–Crippen LogP) is 4.91. The number of rotatable bonds is 5. The van der Waals surface area contributed by atoms with Crippen LogP contribution in [0.3, 0.4) is 0 Å². The molecule has 1 aliphatic rings. The van der Waals surface area contributed by atoms with Gasteiger partial charge in [0.2, 0.25) is 5.78 Å². The molecule has 3 aromatic rings. The summed E-state index contributed by atoms with van der Waals surface area (Å²) < 4.78 is 5.11. The largest absolute Gasteiger partial charge is 0.504 e. The van der Waals surface area contributed by atoms with Crippen LogP contribution < -0.4 is 9.64 Å². The summed E-state index contributed by atoms with van der Waals surface area (Å²) in [5.41, 5.74) is 1.30. The molecule has 9 heteroatoms. The molecule has 0 radical (unpaired) electrons. The topological polar surface area (TPSA) is 100.0 Å². The lowest BCUT2D eigenvalue weighted by molar-refractivity contribution is -0.117. The van der Waals surface area contributed by atoms with Crippen molar-refractivity contribution in [3.05, 3.63) is 80.0 Å². The minimum absolute atomic E-state index is 0.0822. The SMILES string of the molecule is COc1ccc(C2C(C(=O)c3sc(C)nc3C)=C(O)C(=O)N2c2ccc(Cl)cc2)cc1O. The number of halogens is 1. The average molecular weight is 471 g/mol. The van der Waals surface area contributed by atoms with Crippen molar-refractivity contribution in [3.8, 4) is 11.5 Å². The molecule has 32 heavy (non-hydrogen) atoms. The monoisotopic (exact) mass is 470 g/mol. The minimum atomic E-state index is -0.977. The number of thiazole rings is 1. The number of benzene rings is 2. The van der Waals surface area contributed by atoms with E-state index in [2.05, 4.69) is 4.98 Å². The van der Waals surface area contributed by atoms with Crippen molar-refractivity contribution in [2.75, 3.05) is 12.0 Å². The van der Waals surface area contributed by atoms with Crippen LogP contribution in [0.2, 0.25) is 5.02 Å². The minimum Gasteiger partial charge on any atom is -0.504 e. The second-order valence-corrected chi connectivity index (χ2v) is 8.86. The van der Waals surface area contributed by atoms with Gasteiger partial charge in [0, 0.05) is 10.7 Å². The van der Waals surface area contributed by atoms with E-state index in [4.69, 9.17) is 16.3 Å². The van der Waals surface area contributed by atoms with Crippen LogP contribution in [0.25, 0.3) is 0 Å². The number of methoxy groups -OCH3 is 1. The van der Waals surface area contributed by atoms with Gasteiger partial charge in [0.05, 0.1) is 34.3 Å². The molecule has 0 fully saturated rings. The maximum Gasteiger partial charge on any atom is 0.294 e. The van der Waals surface area contributed by atoms with E-state index in [-0.39, 0.29) is 17.1 Å². The van der Waals surface area contributed by atoms with Crippen molar-refractivity contribution in [1.29, 1.82) is 0 Å². The number of amides is 1. The van der Waals surface area contributed by atoms with Gasteiger partial charge < -0.3 is 14.9 Å². The van der Waals surface area contributed by atoms with E-state index in [1.165, 1.54) is 35.5 Å². The Labute approximate surface area is 193 Å². The Balaban J connectivity index is 1.91. The van der Waals surface area contributed by atoms with E-state index in [1.807, 2.05) is 0 Å². The number of nitrogens with zero attached hydrogens (tertiary/aromatic N) is 2. The number of aliphatic hydroxyl groups excluding tert-OH is 1. The molecule has 1 atom stereocenters. The Morgan fingerprint density at radius 3 is 2.41 bits per heavy atom. The lowest BCUT2D eigenvalue weighted by Gasteiger charge is -2.27. The van der Waals surface area contributed by atoms with Crippen molar-refractivity contribution < 1.29 is 24.5 Å². The summed E-state index contributed by atoms with van der Waals surface area (Å²) in [5, 5.41) is 22.3. The number of ether oxygens (including phenoxy) is 1. The Morgan fingerprint density at radius 1 is 1.16 bits per heavy atom. The summed E-state index contributed by atoms with van der Waals surface area (Å²) in [7, 11) is 1.42. The number of carbonyl (C=O) groups excluding carboxylic acids is 2. The highest BCUT2D eigenvalue weighted by atomic mass is 35.5. The van der Waals surface area contributed by atoms with Crippen LogP contribution in [-0.2, 0) is 4.79 Å². The van der Waals surface area contributed by atoms with E-state index >= 15 is 0 Å². The average Bonchev–Trinajstić information content (AvgIpc) is 3.24. The van der Waals surface area contributed by atoms with Crippen molar-refractivity contribution in [1.82, 2.24) is 4.98 Å². The van der Waals surface area contributed by atoms with Gasteiger partial charge in [-0.1, -0.05) is 17.7 Å². The van der Waals surface area contributed by atoms with Crippen molar-refractivity contribution >= 4 is 40.3 Å². The van der Waals surface area contributed by atoms with E-state index in [0.29, 0.717) is 31.9 Å². The summed E-state index contributed by atoms with van der Waals surface area (Å²) in [6.07, 6.45) is 0. The zero-order chi connectivity index (χ0) is 23.2. The van der Waals surface area contributed by atoms with Gasteiger partial charge >= 0.3 is 0 Å². The number of aliphatic hydroxyl groups is 1. The third kappa shape index (κ3) is 3.61. The molecule has 2 aromatic carbocycles. The van der Waals surface area contributed by atoms with E-state index in [1.54, 1.807) is 44.2 Å². The van der Waals surface area contributed by atoms with E-state index in [0.717, 1.165) is 0 Å². The van der Waals surface area contributed by atoms with Gasteiger partial charge in [0.15, 0.2) is 17.3 Å². The fraction of sp³-hybridized carbons (Fsp3) is 0.174. The Morgan fingerprint density at radius 2 is 1.84 bits per heavy atom. The number of hydrogen-bond acceptors (Lipinski definition) is 7. The van der Waals surface area contributed by atoms with Crippen LogP contribution in [0.5, 0.6) is 11.5 Å². The molecule has 4 rings (SSSR count). The van der Waals surface area contributed by atoms with Crippen molar-refractivity contribution in [3.63, 3.8) is 0 Å². The first-order valence-electron chi connectivity index (χ1n) is 9.60. The highest BCUT2D eigenvalue weighted by molar-refractivity contribution is 7.14. The number of Topliss-reactive ketones (excluding diaryl/α,β-unsaturated/α-hetero) is 1. The summed E-state index contributed by atoms with van der Waals surface area (Å²) in [5.74, 6) is -1.77. The predicted molar refractivity (Wildman–Crippen MR) is 122 cm³/mol. The highest BCUT2D eigenvalue weighted by Crippen LogP contribution is 2.44. The Bertz CT molecular complexity index is 1270. The zero-order valence-corrected chi connectivity index (χ0v) is 19.0. The summed E-state index contributed by atoms with van der Waals surface area (Å²) in [4.78, 5) is 32.6. The molecule has 7 nitrogen and oxygen atoms in total. The lowest BCUT2D eigenvalue weighted by atomic mass is 9.94. The van der Waals surface area contributed by atoms with E-state index in [9.17, 15) is 19.8 Å². The molecule has 2 heterocycles. The number of ketones is 1. The number of carbonyl (C=O) groups is 2. The third-order valence-electron chi connectivity index (χ3n) is 5.19. The maximum atomic E-state index is 13.5. The van der Waals surface area contributed by atoms with Gasteiger partial charge in [-0.25, -0.2) is 4.98 Å². The first kappa shape index (κ1) is 21.9. The number of anilines is 1. The molecule has 1 unspecified atom stereocenters. The Kier molecular flexibility index (Phi) is 5.66. The quantitative estimate of drug-likeness (QED) is 0.514. The molecule has 2 N–H and O–H groups in total. The number of hydrogen-bond donors (Lipinski definition) is 2. The summed E-state index contributed by atoms with van der Waals surface area (Å²) >= 11 is 7.20. The number of phenols is 1. The molecule has 1 amide bonds. The first-order chi connectivity index (χ1) is 15.2. The standard InChI is InChI=1S/C23H19ClN2O5S/c1-11-22(32-12(2)25-11)20(28)18-19(13-4-9-17(31-3)16(27)10-13)26(23(30)21(18)29)15-7-5-14(24)6-8-15/h4-10,19,27,29H,1-3H3. The molecule has 0 spiro atoms. The fourth-order valence-corrected chi connectivity index (χ4v) is 4.76. The summed E-state index contributed by atoms with van der Waals surface area (Å²) in [6.45, 7) is 3.48. The van der Waals surface area contributed by atoms with Crippen molar-refractivity contribution in [2.24, 2.45) is 0 Å². The van der Waals surface area contributed by atoms with Crippen LogP contribution in [0, 0.1) is 13.8 Å². The maximum absolute atomic E-state index is 13.5. The smallest absolute Gasteiger partial charge is 0.294 e. The normalized spacial score (nSPS) is 16.1. The molecule has 1 aliphatic heterocycles. The molecule has 0 bridgehead atoms. The van der Waals surface area contributed by atoms with Gasteiger partial charge in [0.25, 0.3) is 5.91 Å². The molecule has 164 valence electrons. The highest BCUT2D eigenvalue weighted by Gasteiger charge is 2.45. The van der Waals surface area contributed by atoms with Crippen LogP contribution in [0.1, 0.15) is 32.0 Å². The molecule has 0 saturated carbocycles. The molecular formula is C23H19ClN2O5S. The number of aromatic nitrogens is 1. The fourth-order valence-electron chi connectivity index (χ4n) is 3.76. The lowest BCUT2D eigenvalue weighted by Crippen LogP contribution is -2.31. The second-order valence-electron chi connectivity index (χ2n) is 7.22. The molecular weight excluding hydrogens is 452 g/mol. The number of phenolic OH excluding ortho intramolecular Hbond substituents is 1. The first-order valence-corrected chi connectivity index (χ1v) is 10.8. The summed E-state index contributed by atoms with van der Waals surface area (Å²) in [6, 6.07) is 10.1. The van der Waals surface area contributed by atoms with Gasteiger partial charge in [-0.05, 0) is 55.8 Å². The van der Waals surface area contributed by atoms with E-state index < -0.39 is 23.5 Å². The van der Waals surface area contributed by atoms with Crippen LogP contribution in [0.4, 0.5) is 5.69 Å². The third-order valence-corrected chi connectivity index (χ3v) is 6.51. The molecule has 1 aromatic heterocycles. The van der Waals surface area contributed by atoms with Gasteiger partial charge in [-0.3, -0.25) is 14.5 Å². The van der Waals surface area contributed by atoms with Gasteiger partial charge in [-0.2, -0.15) is 0 Å².